The highest BCUT2D eigenvalue weighted by Crippen LogP contribution is 2.57. The van der Waals surface area contributed by atoms with Crippen LogP contribution < -0.4 is 11.1 Å². The SMILES string of the molecule is CC1(C)C2OCCCC2C1(N)C(=O)NC1CCS(=O)CC1. The van der Waals surface area contributed by atoms with Gasteiger partial charge in [-0.15, -0.1) is 0 Å². The summed E-state index contributed by atoms with van der Waals surface area (Å²) < 4.78 is 17.2. The molecule has 120 valence electrons. The molecule has 0 radical (unpaired) electrons. The van der Waals surface area contributed by atoms with Crippen molar-refractivity contribution in [3.8, 4) is 0 Å². The summed E-state index contributed by atoms with van der Waals surface area (Å²) in [6, 6.07) is 0.120. The smallest absolute Gasteiger partial charge is 0.241 e. The van der Waals surface area contributed by atoms with Gasteiger partial charge in [0.2, 0.25) is 5.91 Å². The largest absolute Gasteiger partial charge is 0.377 e. The molecule has 3 atom stereocenters. The van der Waals surface area contributed by atoms with Crippen molar-refractivity contribution in [1.29, 1.82) is 0 Å². The van der Waals surface area contributed by atoms with Crippen LogP contribution in [-0.4, -0.2) is 45.9 Å². The van der Waals surface area contributed by atoms with Gasteiger partial charge in [-0.3, -0.25) is 9.00 Å². The summed E-state index contributed by atoms with van der Waals surface area (Å²) in [6.07, 6.45) is 3.62. The Morgan fingerprint density at radius 1 is 1.29 bits per heavy atom. The van der Waals surface area contributed by atoms with Gasteiger partial charge in [-0.2, -0.15) is 0 Å². The van der Waals surface area contributed by atoms with E-state index in [-0.39, 0.29) is 29.4 Å². The van der Waals surface area contributed by atoms with Crippen molar-refractivity contribution in [1.82, 2.24) is 5.32 Å². The summed E-state index contributed by atoms with van der Waals surface area (Å²) in [5.74, 6) is 1.44. The highest BCUT2D eigenvalue weighted by Gasteiger charge is 2.70. The van der Waals surface area contributed by atoms with E-state index in [1.165, 1.54) is 0 Å². The monoisotopic (exact) mass is 314 g/mol. The second-order valence-electron chi connectivity index (χ2n) is 7.23. The lowest BCUT2D eigenvalue weighted by molar-refractivity contribution is -0.225. The molecule has 1 saturated carbocycles. The number of carbonyl (C=O) groups is 1. The lowest BCUT2D eigenvalue weighted by Gasteiger charge is -2.65. The van der Waals surface area contributed by atoms with Gasteiger partial charge in [0, 0.05) is 46.3 Å². The first-order chi connectivity index (χ1) is 9.87. The van der Waals surface area contributed by atoms with E-state index in [1.807, 2.05) is 13.8 Å². The molecule has 0 bridgehead atoms. The van der Waals surface area contributed by atoms with Crippen molar-refractivity contribution < 1.29 is 13.7 Å². The summed E-state index contributed by atoms with van der Waals surface area (Å²) in [4.78, 5) is 12.8. The van der Waals surface area contributed by atoms with Crippen molar-refractivity contribution in [2.24, 2.45) is 17.1 Å². The number of amides is 1. The average molecular weight is 314 g/mol. The fourth-order valence-electron chi connectivity index (χ4n) is 4.28. The van der Waals surface area contributed by atoms with E-state index in [4.69, 9.17) is 10.5 Å². The van der Waals surface area contributed by atoms with Gasteiger partial charge in [0.25, 0.3) is 0 Å². The van der Waals surface area contributed by atoms with Gasteiger partial charge in [0.1, 0.15) is 5.54 Å². The fraction of sp³-hybridized carbons (Fsp3) is 0.933. The molecule has 6 heteroatoms. The lowest BCUT2D eigenvalue weighted by Crippen LogP contribution is -2.82. The third kappa shape index (κ3) is 2.26. The van der Waals surface area contributed by atoms with Crippen LogP contribution in [0.2, 0.25) is 0 Å². The van der Waals surface area contributed by atoms with E-state index < -0.39 is 16.3 Å². The van der Waals surface area contributed by atoms with Gasteiger partial charge < -0.3 is 15.8 Å². The van der Waals surface area contributed by atoms with Crippen LogP contribution in [0.15, 0.2) is 0 Å². The molecule has 3 fully saturated rings. The quantitative estimate of drug-likeness (QED) is 0.780. The minimum atomic E-state index is -0.839. The Morgan fingerprint density at radius 2 is 1.95 bits per heavy atom. The van der Waals surface area contributed by atoms with E-state index in [9.17, 15) is 9.00 Å². The van der Waals surface area contributed by atoms with Gasteiger partial charge in [0.05, 0.1) is 6.10 Å². The summed E-state index contributed by atoms with van der Waals surface area (Å²) in [6.45, 7) is 4.85. The minimum Gasteiger partial charge on any atom is -0.377 e. The molecule has 3 N–H and O–H groups in total. The molecule has 5 nitrogen and oxygen atoms in total. The average Bonchev–Trinajstić information content (AvgIpc) is 2.48. The van der Waals surface area contributed by atoms with Crippen LogP contribution in [0.3, 0.4) is 0 Å². The number of hydrogen-bond donors (Lipinski definition) is 2. The first-order valence-electron chi connectivity index (χ1n) is 7.94. The molecule has 1 amide bonds. The molecule has 2 saturated heterocycles. The van der Waals surface area contributed by atoms with Crippen LogP contribution in [-0.2, 0) is 20.3 Å². The lowest BCUT2D eigenvalue weighted by atomic mass is 9.46. The Balaban J connectivity index is 1.69. The first kappa shape index (κ1) is 15.4. The van der Waals surface area contributed by atoms with Crippen molar-refractivity contribution in [2.75, 3.05) is 18.1 Å². The molecule has 0 spiro atoms. The zero-order chi connectivity index (χ0) is 15.3. The highest BCUT2D eigenvalue weighted by atomic mass is 32.2. The zero-order valence-electron chi connectivity index (χ0n) is 12.9. The van der Waals surface area contributed by atoms with Crippen molar-refractivity contribution >= 4 is 16.7 Å². The maximum Gasteiger partial charge on any atom is 0.241 e. The van der Waals surface area contributed by atoms with E-state index in [2.05, 4.69) is 5.32 Å². The second kappa shape index (κ2) is 5.32. The number of fused-ring (bicyclic) bond motifs is 1. The van der Waals surface area contributed by atoms with Crippen LogP contribution in [0.4, 0.5) is 0 Å². The zero-order valence-corrected chi connectivity index (χ0v) is 13.7. The van der Waals surface area contributed by atoms with Crippen molar-refractivity contribution in [2.45, 2.75) is 57.2 Å². The molecule has 0 aromatic heterocycles. The standard InChI is InChI=1S/C15H26N2O3S/c1-14(2)12-11(4-3-7-20-12)15(14,16)13(18)17-10-5-8-21(19)9-6-10/h10-12H,3-9,16H2,1-2H3,(H,17,18). The number of rotatable bonds is 2. The summed E-state index contributed by atoms with van der Waals surface area (Å²) in [5.41, 5.74) is 5.40. The Morgan fingerprint density at radius 3 is 2.62 bits per heavy atom. The Kier molecular flexibility index (Phi) is 3.91. The molecule has 0 aromatic rings. The van der Waals surface area contributed by atoms with Crippen LogP contribution in [0.5, 0.6) is 0 Å². The van der Waals surface area contributed by atoms with Gasteiger partial charge in [-0.25, -0.2) is 0 Å². The minimum absolute atomic E-state index is 0.0445. The van der Waals surface area contributed by atoms with Crippen LogP contribution >= 0.6 is 0 Å². The number of carbonyl (C=O) groups excluding carboxylic acids is 1. The Labute approximate surface area is 128 Å². The second-order valence-corrected chi connectivity index (χ2v) is 8.92. The van der Waals surface area contributed by atoms with Gasteiger partial charge in [0.15, 0.2) is 0 Å². The molecule has 0 aromatic carbocycles. The maximum absolute atomic E-state index is 12.8. The molecule has 1 aliphatic carbocycles. The molecule has 2 heterocycles. The van der Waals surface area contributed by atoms with E-state index in [1.54, 1.807) is 0 Å². The highest BCUT2D eigenvalue weighted by molar-refractivity contribution is 7.85. The van der Waals surface area contributed by atoms with Crippen LogP contribution in [0.25, 0.3) is 0 Å². The normalized spacial score (nSPS) is 45.3. The topological polar surface area (TPSA) is 81.4 Å². The number of nitrogens with two attached hydrogens (primary N) is 1. The third-order valence-electron chi connectivity index (χ3n) is 5.78. The van der Waals surface area contributed by atoms with Gasteiger partial charge in [-0.05, 0) is 25.7 Å². The Bertz CT molecular complexity index is 458. The molecule has 2 aliphatic heterocycles. The first-order valence-corrected chi connectivity index (χ1v) is 9.42. The summed E-state index contributed by atoms with van der Waals surface area (Å²) in [5, 5.41) is 3.12. The predicted molar refractivity (Wildman–Crippen MR) is 82.2 cm³/mol. The summed E-state index contributed by atoms with van der Waals surface area (Å²) >= 11 is 0. The van der Waals surface area contributed by atoms with Gasteiger partial charge in [-0.1, -0.05) is 13.8 Å². The molecular formula is C15H26N2O3S. The van der Waals surface area contributed by atoms with Crippen molar-refractivity contribution in [3.63, 3.8) is 0 Å². The van der Waals surface area contributed by atoms with Crippen LogP contribution in [0, 0.1) is 11.3 Å². The predicted octanol–water partition coefficient (Wildman–Crippen LogP) is 0.546. The number of hydrogen-bond acceptors (Lipinski definition) is 4. The molecule has 3 rings (SSSR count). The summed E-state index contributed by atoms with van der Waals surface area (Å²) in [7, 11) is -0.709. The number of nitrogens with one attached hydrogen (secondary N) is 1. The van der Waals surface area contributed by atoms with Crippen molar-refractivity contribution in [3.05, 3.63) is 0 Å². The third-order valence-corrected chi connectivity index (χ3v) is 7.17. The molecule has 3 aliphatic rings. The number of ether oxygens (including phenoxy) is 1. The fourth-order valence-corrected chi connectivity index (χ4v) is 5.58. The van der Waals surface area contributed by atoms with E-state index in [0.717, 1.165) is 32.3 Å². The molecular weight excluding hydrogens is 288 g/mol. The van der Waals surface area contributed by atoms with Gasteiger partial charge >= 0.3 is 0 Å². The van der Waals surface area contributed by atoms with E-state index in [0.29, 0.717) is 11.5 Å². The molecule has 21 heavy (non-hydrogen) atoms. The van der Waals surface area contributed by atoms with E-state index >= 15 is 0 Å². The van der Waals surface area contributed by atoms with Crippen LogP contribution in [0.1, 0.15) is 39.5 Å². The Hall–Kier alpha value is -0.460. The maximum atomic E-state index is 12.8. The molecule has 3 unspecified atom stereocenters.